The molecule has 0 saturated heterocycles. The van der Waals surface area contributed by atoms with Crippen molar-refractivity contribution >= 4 is 50.3 Å². The molecule has 3 N–H and O–H groups in total. The van der Waals surface area contributed by atoms with Gasteiger partial charge >= 0.3 is 0 Å². The minimum atomic E-state index is -0.0463. The quantitative estimate of drug-likeness (QED) is 0.355. The Morgan fingerprint density at radius 3 is 2.97 bits per heavy atom. The molecule has 3 aromatic heterocycles. The summed E-state index contributed by atoms with van der Waals surface area (Å²) < 4.78 is 0. The van der Waals surface area contributed by atoms with Crippen LogP contribution < -0.4 is 10.9 Å². The second-order valence-electron chi connectivity index (χ2n) is 7.70. The Kier molecular flexibility index (Phi) is 5.78. The average molecular weight is 454 g/mol. The van der Waals surface area contributed by atoms with Gasteiger partial charge in [0.05, 0.1) is 27.9 Å². The number of carbonyl (C=O) groups is 1. The second kappa shape index (κ2) is 8.84. The van der Waals surface area contributed by atoms with Crippen LogP contribution in [-0.2, 0) is 29.8 Å². The molecule has 0 atom stereocenters. The SMILES string of the molecule is O=C(CSCc1nc2sc3c(c2c(=O)[nH]1)CCC3)NCCCc1nc2ccccc2[nH]1. The molecule has 9 heteroatoms. The minimum Gasteiger partial charge on any atom is -0.355 e. The third-order valence-electron chi connectivity index (χ3n) is 5.45. The molecule has 0 saturated carbocycles. The number of aromatic amines is 2. The molecule has 0 radical (unpaired) electrons. The lowest BCUT2D eigenvalue weighted by Gasteiger charge is -2.05. The van der Waals surface area contributed by atoms with Crippen molar-refractivity contribution in [3.8, 4) is 0 Å². The number of carbonyl (C=O) groups excluding carboxylic acids is 1. The molecule has 1 aromatic carbocycles. The van der Waals surface area contributed by atoms with Gasteiger partial charge in [-0.15, -0.1) is 23.1 Å². The van der Waals surface area contributed by atoms with Crippen molar-refractivity contribution in [2.24, 2.45) is 0 Å². The molecule has 1 aliphatic rings. The molecule has 160 valence electrons. The summed E-state index contributed by atoms with van der Waals surface area (Å²) in [4.78, 5) is 42.1. The number of aryl methyl sites for hydroxylation is 3. The van der Waals surface area contributed by atoms with Gasteiger partial charge in [-0.3, -0.25) is 9.59 Å². The standard InChI is InChI=1S/C22H23N5O2S2/c28-19(23-10-4-9-17-24-14-6-1-2-7-15(14)25-17)12-30-11-18-26-21(29)20-13-5-3-8-16(13)31-22(20)27-18/h1-2,6-7H,3-5,8-12H2,(H,23,28)(H,24,25)(H,26,27,29). The van der Waals surface area contributed by atoms with E-state index in [1.807, 2.05) is 24.3 Å². The summed E-state index contributed by atoms with van der Waals surface area (Å²) in [7, 11) is 0. The van der Waals surface area contributed by atoms with E-state index in [0.29, 0.717) is 23.9 Å². The highest BCUT2D eigenvalue weighted by Crippen LogP contribution is 2.34. The number of thioether (sulfide) groups is 1. The van der Waals surface area contributed by atoms with Crippen LogP contribution >= 0.6 is 23.1 Å². The van der Waals surface area contributed by atoms with Crippen LogP contribution in [0.25, 0.3) is 21.3 Å². The lowest BCUT2D eigenvalue weighted by Crippen LogP contribution is -2.26. The summed E-state index contributed by atoms with van der Waals surface area (Å²) >= 11 is 3.10. The first-order valence-corrected chi connectivity index (χ1v) is 12.5. The molecule has 4 aromatic rings. The van der Waals surface area contributed by atoms with Crippen molar-refractivity contribution in [1.82, 2.24) is 25.3 Å². The maximum absolute atomic E-state index is 12.5. The first-order chi connectivity index (χ1) is 15.2. The molecule has 0 aliphatic heterocycles. The number of fused-ring (bicyclic) bond motifs is 4. The number of para-hydroxylation sites is 2. The van der Waals surface area contributed by atoms with Gasteiger partial charge in [0.2, 0.25) is 5.91 Å². The molecule has 0 fully saturated rings. The summed E-state index contributed by atoms with van der Waals surface area (Å²) in [6, 6.07) is 7.95. The number of hydrogen-bond donors (Lipinski definition) is 3. The first-order valence-electron chi connectivity index (χ1n) is 10.5. The molecular formula is C22H23N5O2S2. The Bertz CT molecular complexity index is 1270. The van der Waals surface area contributed by atoms with Crippen LogP contribution in [-0.4, -0.2) is 38.1 Å². The Hall–Kier alpha value is -2.65. The number of thiophene rings is 1. The molecule has 1 amide bonds. The van der Waals surface area contributed by atoms with Crippen molar-refractivity contribution in [3.05, 3.63) is 56.7 Å². The van der Waals surface area contributed by atoms with Gasteiger partial charge in [0.25, 0.3) is 5.56 Å². The fourth-order valence-corrected chi connectivity index (χ4v) is 6.01. The highest BCUT2D eigenvalue weighted by molar-refractivity contribution is 7.99. The summed E-state index contributed by atoms with van der Waals surface area (Å²) in [6.45, 7) is 0.609. The smallest absolute Gasteiger partial charge is 0.259 e. The zero-order valence-electron chi connectivity index (χ0n) is 17.0. The molecule has 31 heavy (non-hydrogen) atoms. The van der Waals surface area contributed by atoms with E-state index >= 15 is 0 Å². The fraction of sp³-hybridized carbons (Fsp3) is 0.364. The Labute approximate surface area is 187 Å². The summed E-state index contributed by atoms with van der Waals surface area (Å²) in [5.74, 6) is 2.43. The molecule has 3 heterocycles. The van der Waals surface area contributed by atoms with Gasteiger partial charge in [0, 0.05) is 17.8 Å². The number of rotatable bonds is 8. The Morgan fingerprint density at radius 2 is 2.06 bits per heavy atom. The zero-order valence-corrected chi connectivity index (χ0v) is 18.6. The van der Waals surface area contributed by atoms with Crippen molar-refractivity contribution < 1.29 is 4.79 Å². The van der Waals surface area contributed by atoms with Gasteiger partial charge in [-0.05, 0) is 43.4 Å². The highest BCUT2D eigenvalue weighted by atomic mass is 32.2. The van der Waals surface area contributed by atoms with Crippen molar-refractivity contribution in [2.75, 3.05) is 12.3 Å². The first kappa shape index (κ1) is 20.3. The van der Waals surface area contributed by atoms with Crippen LogP contribution in [0, 0.1) is 0 Å². The second-order valence-corrected chi connectivity index (χ2v) is 9.77. The molecule has 0 bridgehead atoms. The number of H-pyrrole nitrogens is 2. The van der Waals surface area contributed by atoms with Gasteiger partial charge in [-0.25, -0.2) is 9.97 Å². The van der Waals surface area contributed by atoms with E-state index in [1.165, 1.54) is 22.2 Å². The lowest BCUT2D eigenvalue weighted by atomic mass is 10.2. The monoisotopic (exact) mass is 453 g/mol. The molecule has 0 spiro atoms. The summed E-state index contributed by atoms with van der Waals surface area (Å²) in [5.41, 5.74) is 3.15. The number of benzene rings is 1. The third-order valence-corrected chi connectivity index (χ3v) is 7.58. The van der Waals surface area contributed by atoms with Crippen molar-refractivity contribution in [1.29, 1.82) is 0 Å². The minimum absolute atomic E-state index is 0.00636. The highest BCUT2D eigenvalue weighted by Gasteiger charge is 2.21. The van der Waals surface area contributed by atoms with Crippen LogP contribution in [0.15, 0.2) is 29.1 Å². The van der Waals surface area contributed by atoms with Crippen LogP contribution in [0.2, 0.25) is 0 Å². The van der Waals surface area contributed by atoms with Crippen LogP contribution in [0.4, 0.5) is 0 Å². The average Bonchev–Trinajstić information content (AvgIpc) is 3.44. The Balaban J connectivity index is 1.07. The van der Waals surface area contributed by atoms with Gasteiger partial charge in [-0.2, -0.15) is 0 Å². The lowest BCUT2D eigenvalue weighted by molar-refractivity contribution is -0.118. The van der Waals surface area contributed by atoms with Gasteiger partial charge in [-0.1, -0.05) is 12.1 Å². The molecule has 1 aliphatic carbocycles. The van der Waals surface area contributed by atoms with E-state index in [0.717, 1.165) is 59.2 Å². The zero-order chi connectivity index (χ0) is 21.2. The van der Waals surface area contributed by atoms with E-state index in [1.54, 1.807) is 11.3 Å². The molecule has 0 unspecified atom stereocenters. The normalized spacial score (nSPS) is 13.2. The predicted molar refractivity (Wildman–Crippen MR) is 126 cm³/mol. The van der Waals surface area contributed by atoms with Crippen LogP contribution in [0.1, 0.15) is 34.9 Å². The predicted octanol–water partition coefficient (Wildman–Crippen LogP) is 3.33. The van der Waals surface area contributed by atoms with E-state index in [2.05, 4.69) is 25.3 Å². The van der Waals surface area contributed by atoms with E-state index in [4.69, 9.17) is 0 Å². The van der Waals surface area contributed by atoms with E-state index in [-0.39, 0.29) is 11.5 Å². The van der Waals surface area contributed by atoms with Crippen molar-refractivity contribution in [2.45, 2.75) is 37.9 Å². The van der Waals surface area contributed by atoms with Crippen molar-refractivity contribution in [3.63, 3.8) is 0 Å². The largest absolute Gasteiger partial charge is 0.355 e. The van der Waals surface area contributed by atoms with Crippen LogP contribution in [0.5, 0.6) is 0 Å². The molecular weight excluding hydrogens is 430 g/mol. The maximum Gasteiger partial charge on any atom is 0.259 e. The number of nitrogens with zero attached hydrogens (tertiary/aromatic N) is 2. The summed E-state index contributed by atoms with van der Waals surface area (Å²) in [5, 5.41) is 3.72. The van der Waals surface area contributed by atoms with E-state index < -0.39 is 0 Å². The van der Waals surface area contributed by atoms with Crippen LogP contribution in [0.3, 0.4) is 0 Å². The molecule has 7 nitrogen and oxygen atoms in total. The number of hydrogen-bond acceptors (Lipinski definition) is 6. The number of imidazole rings is 1. The van der Waals surface area contributed by atoms with Gasteiger partial charge in [0.15, 0.2) is 0 Å². The van der Waals surface area contributed by atoms with E-state index in [9.17, 15) is 9.59 Å². The van der Waals surface area contributed by atoms with Gasteiger partial charge < -0.3 is 15.3 Å². The topological polar surface area (TPSA) is 104 Å². The number of amides is 1. The number of aromatic nitrogens is 4. The number of nitrogens with one attached hydrogen (secondary N) is 3. The fourth-order valence-electron chi connectivity index (χ4n) is 4.01. The molecule has 5 rings (SSSR count). The maximum atomic E-state index is 12.5. The Morgan fingerprint density at radius 1 is 1.16 bits per heavy atom. The third kappa shape index (κ3) is 4.38. The summed E-state index contributed by atoms with van der Waals surface area (Å²) in [6.07, 6.45) is 4.77. The van der Waals surface area contributed by atoms with Gasteiger partial charge in [0.1, 0.15) is 16.5 Å².